The molecule has 1 rings (SSSR count). The van der Waals surface area contributed by atoms with Crippen LogP contribution in [0.25, 0.3) is 0 Å². The summed E-state index contributed by atoms with van der Waals surface area (Å²) in [5.41, 5.74) is 0. The standard InChI is InChI=1S/C10H17BrF3NO/c11-7-9-1-3-15(4-2-9)5-6-16-8-10(12,13)14/h9H,1-8H2. The summed E-state index contributed by atoms with van der Waals surface area (Å²) >= 11 is 3.45. The fourth-order valence-electron chi connectivity index (χ4n) is 1.75. The summed E-state index contributed by atoms with van der Waals surface area (Å²) in [6.45, 7) is 1.56. The number of hydrogen-bond acceptors (Lipinski definition) is 2. The predicted molar refractivity (Wildman–Crippen MR) is 59.8 cm³/mol. The average molecular weight is 304 g/mol. The summed E-state index contributed by atoms with van der Waals surface area (Å²) in [6, 6.07) is 0. The first-order chi connectivity index (χ1) is 7.51. The molecule has 2 nitrogen and oxygen atoms in total. The number of nitrogens with zero attached hydrogens (tertiary/aromatic N) is 1. The highest BCUT2D eigenvalue weighted by molar-refractivity contribution is 9.09. The molecule has 0 radical (unpaired) electrons. The molecule has 1 aliphatic heterocycles. The molecule has 0 spiro atoms. The monoisotopic (exact) mass is 303 g/mol. The van der Waals surface area contributed by atoms with Gasteiger partial charge in [0.15, 0.2) is 0 Å². The van der Waals surface area contributed by atoms with Crippen molar-refractivity contribution < 1.29 is 17.9 Å². The van der Waals surface area contributed by atoms with Gasteiger partial charge in [0.25, 0.3) is 0 Å². The van der Waals surface area contributed by atoms with Crippen LogP contribution >= 0.6 is 15.9 Å². The molecule has 0 aromatic carbocycles. The van der Waals surface area contributed by atoms with Gasteiger partial charge in [-0.1, -0.05) is 15.9 Å². The van der Waals surface area contributed by atoms with E-state index in [1.165, 1.54) is 0 Å². The van der Waals surface area contributed by atoms with E-state index < -0.39 is 12.8 Å². The van der Waals surface area contributed by atoms with Gasteiger partial charge in [-0.15, -0.1) is 0 Å². The van der Waals surface area contributed by atoms with E-state index in [1.807, 2.05) is 0 Å². The van der Waals surface area contributed by atoms with Crippen LogP contribution in [0.4, 0.5) is 13.2 Å². The van der Waals surface area contributed by atoms with Gasteiger partial charge < -0.3 is 9.64 Å². The second-order valence-corrected chi connectivity index (χ2v) is 4.75. The number of rotatable bonds is 5. The minimum absolute atomic E-state index is 0.165. The highest BCUT2D eigenvalue weighted by Crippen LogP contribution is 2.19. The molecule has 1 aliphatic rings. The van der Waals surface area contributed by atoms with Crippen LogP contribution < -0.4 is 0 Å². The van der Waals surface area contributed by atoms with Gasteiger partial charge in [0.05, 0.1) is 6.61 Å². The molecule has 0 aromatic rings. The van der Waals surface area contributed by atoms with E-state index in [1.54, 1.807) is 0 Å². The third-order valence-electron chi connectivity index (χ3n) is 2.74. The van der Waals surface area contributed by atoms with E-state index in [4.69, 9.17) is 0 Å². The van der Waals surface area contributed by atoms with Crippen molar-refractivity contribution in [3.05, 3.63) is 0 Å². The first-order valence-electron chi connectivity index (χ1n) is 5.44. The van der Waals surface area contributed by atoms with E-state index in [2.05, 4.69) is 25.6 Å². The average Bonchev–Trinajstić information content (AvgIpc) is 2.24. The Morgan fingerprint density at radius 1 is 1.25 bits per heavy atom. The molecule has 0 amide bonds. The molecule has 96 valence electrons. The van der Waals surface area contributed by atoms with Crippen molar-refractivity contribution in [1.29, 1.82) is 0 Å². The van der Waals surface area contributed by atoms with Crippen molar-refractivity contribution in [3.8, 4) is 0 Å². The largest absolute Gasteiger partial charge is 0.411 e. The number of alkyl halides is 4. The normalized spacial score (nSPS) is 20.2. The topological polar surface area (TPSA) is 12.5 Å². The summed E-state index contributed by atoms with van der Waals surface area (Å²) in [4.78, 5) is 2.16. The van der Waals surface area contributed by atoms with Gasteiger partial charge in [0, 0.05) is 11.9 Å². The zero-order chi connectivity index (χ0) is 12.0. The quantitative estimate of drug-likeness (QED) is 0.572. The molecule has 0 aromatic heterocycles. The molecular formula is C10H17BrF3NO. The van der Waals surface area contributed by atoms with Crippen LogP contribution in [0.3, 0.4) is 0 Å². The molecule has 0 unspecified atom stereocenters. The Balaban J connectivity index is 2.02. The Bertz CT molecular complexity index is 193. The Hall–Kier alpha value is 0.190. The second-order valence-electron chi connectivity index (χ2n) is 4.11. The third-order valence-corrected chi connectivity index (χ3v) is 3.66. The lowest BCUT2D eigenvalue weighted by molar-refractivity contribution is -0.174. The second kappa shape index (κ2) is 6.81. The van der Waals surface area contributed by atoms with Crippen LogP contribution in [-0.2, 0) is 4.74 Å². The lowest BCUT2D eigenvalue weighted by Crippen LogP contribution is -2.36. The maximum Gasteiger partial charge on any atom is 0.411 e. The van der Waals surface area contributed by atoms with E-state index in [-0.39, 0.29) is 6.61 Å². The Morgan fingerprint density at radius 2 is 1.88 bits per heavy atom. The molecule has 0 bridgehead atoms. The Morgan fingerprint density at radius 3 is 2.38 bits per heavy atom. The number of ether oxygens (including phenoxy) is 1. The molecule has 1 heterocycles. The molecule has 0 atom stereocenters. The van der Waals surface area contributed by atoms with Gasteiger partial charge in [-0.05, 0) is 31.8 Å². The molecule has 0 N–H and O–H groups in total. The maximum atomic E-state index is 11.8. The van der Waals surface area contributed by atoms with Crippen molar-refractivity contribution in [2.24, 2.45) is 5.92 Å². The van der Waals surface area contributed by atoms with E-state index in [0.29, 0.717) is 12.5 Å². The smallest absolute Gasteiger partial charge is 0.371 e. The van der Waals surface area contributed by atoms with Crippen LogP contribution in [-0.4, -0.2) is 49.3 Å². The van der Waals surface area contributed by atoms with Gasteiger partial charge in [-0.25, -0.2) is 0 Å². The van der Waals surface area contributed by atoms with Crippen LogP contribution in [0, 0.1) is 5.92 Å². The van der Waals surface area contributed by atoms with E-state index >= 15 is 0 Å². The highest BCUT2D eigenvalue weighted by Gasteiger charge is 2.27. The van der Waals surface area contributed by atoms with Gasteiger partial charge in [0.1, 0.15) is 6.61 Å². The van der Waals surface area contributed by atoms with Crippen LogP contribution in [0.5, 0.6) is 0 Å². The zero-order valence-corrected chi connectivity index (χ0v) is 10.7. The minimum atomic E-state index is -4.21. The zero-order valence-electron chi connectivity index (χ0n) is 9.10. The van der Waals surface area contributed by atoms with Crippen molar-refractivity contribution in [1.82, 2.24) is 4.90 Å². The van der Waals surface area contributed by atoms with Gasteiger partial charge >= 0.3 is 6.18 Å². The lowest BCUT2D eigenvalue weighted by Gasteiger charge is -2.30. The summed E-state index contributed by atoms with van der Waals surface area (Å²) in [6.07, 6.45) is -1.97. The van der Waals surface area contributed by atoms with Crippen LogP contribution in [0.15, 0.2) is 0 Å². The van der Waals surface area contributed by atoms with Crippen molar-refractivity contribution in [2.45, 2.75) is 19.0 Å². The molecule has 6 heteroatoms. The number of piperidine rings is 1. The van der Waals surface area contributed by atoms with E-state index in [9.17, 15) is 13.2 Å². The molecule has 0 saturated carbocycles. The fourth-order valence-corrected chi connectivity index (χ4v) is 2.39. The summed E-state index contributed by atoms with van der Waals surface area (Å²) < 4.78 is 39.9. The highest BCUT2D eigenvalue weighted by atomic mass is 79.9. The maximum absolute atomic E-state index is 11.8. The van der Waals surface area contributed by atoms with Crippen molar-refractivity contribution in [3.63, 3.8) is 0 Å². The minimum Gasteiger partial charge on any atom is -0.371 e. The SMILES string of the molecule is FC(F)(F)COCCN1CCC(CBr)CC1. The molecule has 1 saturated heterocycles. The summed E-state index contributed by atoms with van der Waals surface area (Å²) in [5, 5.41) is 1.02. The van der Waals surface area contributed by atoms with Crippen molar-refractivity contribution in [2.75, 3.05) is 38.2 Å². The van der Waals surface area contributed by atoms with Crippen molar-refractivity contribution >= 4 is 15.9 Å². The number of likely N-dealkylation sites (tertiary alicyclic amines) is 1. The lowest BCUT2D eigenvalue weighted by atomic mass is 9.99. The molecule has 1 fully saturated rings. The number of hydrogen-bond donors (Lipinski definition) is 0. The summed E-state index contributed by atoms with van der Waals surface area (Å²) in [5.74, 6) is 0.715. The summed E-state index contributed by atoms with van der Waals surface area (Å²) in [7, 11) is 0. The first-order valence-corrected chi connectivity index (χ1v) is 6.56. The molecular weight excluding hydrogens is 287 g/mol. The van der Waals surface area contributed by atoms with Crippen LogP contribution in [0.2, 0.25) is 0 Å². The van der Waals surface area contributed by atoms with Crippen LogP contribution in [0.1, 0.15) is 12.8 Å². The molecule has 16 heavy (non-hydrogen) atoms. The van der Waals surface area contributed by atoms with Gasteiger partial charge in [-0.2, -0.15) is 13.2 Å². The first kappa shape index (κ1) is 14.3. The molecule has 0 aliphatic carbocycles. The van der Waals surface area contributed by atoms with Gasteiger partial charge in [-0.3, -0.25) is 0 Å². The number of halogens is 4. The Labute approximate surface area is 102 Å². The van der Waals surface area contributed by atoms with E-state index in [0.717, 1.165) is 31.3 Å². The fraction of sp³-hybridized carbons (Fsp3) is 1.00. The van der Waals surface area contributed by atoms with Gasteiger partial charge in [0.2, 0.25) is 0 Å². The Kier molecular flexibility index (Phi) is 6.07. The third kappa shape index (κ3) is 6.06. The predicted octanol–water partition coefficient (Wildman–Crippen LogP) is 2.67.